The van der Waals surface area contributed by atoms with Crippen LogP contribution >= 0.6 is 11.8 Å². The summed E-state index contributed by atoms with van der Waals surface area (Å²) in [6.07, 6.45) is 0.788. The van der Waals surface area contributed by atoms with Crippen LogP contribution in [0.3, 0.4) is 0 Å². The Balaban J connectivity index is 1.60. The minimum absolute atomic E-state index is 0.0727. The molecule has 0 unspecified atom stereocenters. The van der Waals surface area contributed by atoms with Crippen LogP contribution in [0.4, 0.5) is 0 Å². The standard InChI is InChI=1S/C21H19N3O2S/c1-26-18-7-8-19-16(12-18)11-17(13-22)21(24-19)27-14-20(25)23-10-9-15-5-3-2-4-6-15/h2-8,11-12H,9-10,14H2,1H3,(H,23,25). The van der Waals surface area contributed by atoms with E-state index in [4.69, 9.17) is 4.74 Å². The van der Waals surface area contributed by atoms with Gasteiger partial charge in [0.2, 0.25) is 5.91 Å². The van der Waals surface area contributed by atoms with Gasteiger partial charge in [-0.1, -0.05) is 42.1 Å². The van der Waals surface area contributed by atoms with Crippen molar-refractivity contribution in [1.82, 2.24) is 10.3 Å². The van der Waals surface area contributed by atoms with Crippen molar-refractivity contribution in [3.63, 3.8) is 0 Å². The van der Waals surface area contributed by atoms with E-state index in [1.165, 1.54) is 17.3 Å². The van der Waals surface area contributed by atoms with E-state index < -0.39 is 0 Å². The number of carbonyl (C=O) groups is 1. The molecular weight excluding hydrogens is 358 g/mol. The number of nitrogens with one attached hydrogen (secondary N) is 1. The second-order valence-electron chi connectivity index (χ2n) is 5.89. The Labute approximate surface area is 162 Å². The molecule has 5 nitrogen and oxygen atoms in total. The fraction of sp³-hybridized carbons (Fsp3) is 0.190. The van der Waals surface area contributed by atoms with Gasteiger partial charge in [0.15, 0.2) is 0 Å². The molecule has 3 rings (SSSR count). The number of hydrogen-bond donors (Lipinski definition) is 1. The number of amides is 1. The van der Waals surface area contributed by atoms with Gasteiger partial charge >= 0.3 is 0 Å². The van der Waals surface area contributed by atoms with Crippen molar-refractivity contribution < 1.29 is 9.53 Å². The van der Waals surface area contributed by atoms with Crippen LogP contribution in [-0.4, -0.2) is 30.3 Å². The first-order chi connectivity index (χ1) is 13.2. The number of fused-ring (bicyclic) bond motifs is 1. The SMILES string of the molecule is COc1ccc2nc(SCC(=O)NCCc3ccccc3)c(C#N)cc2c1. The normalized spacial score (nSPS) is 10.4. The molecular formula is C21H19N3O2S. The third-order valence-corrected chi connectivity index (χ3v) is 5.02. The molecule has 3 aromatic rings. The van der Waals surface area contributed by atoms with Gasteiger partial charge in [0.05, 0.1) is 23.9 Å². The van der Waals surface area contributed by atoms with Crippen LogP contribution in [0, 0.1) is 11.3 Å². The maximum atomic E-state index is 12.1. The summed E-state index contributed by atoms with van der Waals surface area (Å²) in [5.41, 5.74) is 2.41. The summed E-state index contributed by atoms with van der Waals surface area (Å²) in [5, 5.41) is 13.7. The average molecular weight is 377 g/mol. The summed E-state index contributed by atoms with van der Waals surface area (Å²) in [4.78, 5) is 16.6. The molecule has 2 aromatic carbocycles. The summed E-state index contributed by atoms with van der Waals surface area (Å²) in [6, 6.07) is 19.5. The van der Waals surface area contributed by atoms with Crippen molar-refractivity contribution in [3.05, 3.63) is 65.7 Å². The lowest BCUT2D eigenvalue weighted by atomic mass is 10.1. The van der Waals surface area contributed by atoms with Crippen LogP contribution < -0.4 is 10.1 Å². The number of rotatable bonds is 7. The molecule has 0 bridgehead atoms. The lowest BCUT2D eigenvalue weighted by molar-refractivity contribution is -0.118. The highest BCUT2D eigenvalue weighted by Crippen LogP contribution is 2.26. The van der Waals surface area contributed by atoms with E-state index >= 15 is 0 Å². The smallest absolute Gasteiger partial charge is 0.230 e. The fourth-order valence-electron chi connectivity index (χ4n) is 2.63. The molecule has 0 aliphatic rings. The number of benzene rings is 2. The third-order valence-electron chi connectivity index (χ3n) is 4.03. The molecule has 1 N–H and O–H groups in total. The number of hydrogen-bond acceptors (Lipinski definition) is 5. The molecule has 0 saturated heterocycles. The Hall–Kier alpha value is -3.04. The molecule has 0 fully saturated rings. The first-order valence-electron chi connectivity index (χ1n) is 8.52. The van der Waals surface area contributed by atoms with Crippen molar-refractivity contribution in [1.29, 1.82) is 5.26 Å². The van der Waals surface area contributed by atoms with Crippen molar-refractivity contribution in [2.75, 3.05) is 19.4 Å². The van der Waals surface area contributed by atoms with Crippen molar-refractivity contribution >= 4 is 28.6 Å². The highest BCUT2D eigenvalue weighted by molar-refractivity contribution is 8.00. The number of carbonyl (C=O) groups excluding carboxylic acids is 1. The van der Waals surface area contributed by atoms with Gasteiger partial charge in [-0.05, 0) is 36.2 Å². The van der Waals surface area contributed by atoms with Crippen LogP contribution in [0.15, 0.2) is 59.6 Å². The minimum Gasteiger partial charge on any atom is -0.497 e. The number of pyridine rings is 1. The Bertz CT molecular complexity index is 984. The second kappa shape index (κ2) is 9.06. The molecule has 0 saturated carbocycles. The Kier molecular flexibility index (Phi) is 6.29. The average Bonchev–Trinajstić information content (AvgIpc) is 2.71. The molecule has 6 heteroatoms. The maximum absolute atomic E-state index is 12.1. The van der Waals surface area contributed by atoms with Gasteiger partial charge in [0, 0.05) is 11.9 Å². The Morgan fingerprint density at radius 3 is 2.78 bits per heavy atom. The van der Waals surface area contributed by atoms with Crippen LogP contribution in [0.25, 0.3) is 10.9 Å². The van der Waals surface area contributed by atoms with E-state index in [0.29, 0.717) is 22.9 Å². The van der Waals surface area contributed by atoms with Crippen LogP contribution in [0.1, 0.15) is 11.1 Å². The quantitative estimate of drug-likeness (QED) is 0.637. The topological polar surface area (TPSA) is 75.0 Å². The highest BCUT2D eigenvalue weighted by atomic mass is 32.2. The first-order valence-corrected chi connectivity index (χ1v) is 9.50. The molecule has 1 amide bonds. The van der Waals surface area contributed by atoms with E-state index in [9.17, 15) is 10.1 Å². The van der Waals surface area contributed by atoms with Crippen molar-refractivity contribution in [2.24, 2.45) is 0 Å². The third kappa shape index (κ3) is 4.99. The summed E-state index contributed by atoms with van der Waals surface area (Å²) in [7, 11) is 1.60. The molecule has 0 spiro atoms. The van der Waals surface area contributed by atoms with E-state index in [1.54, 1.807) is 13.2 Å². The zero-order valence-corrected chi connectivity index (χ0v) is 15.8. The summed E-state index contributed by atoms with van der Waals surface area (Å²) in [6.45, 7) is 0.583. The summed E-state index contributed by atoms with van der Waals surface area (Å²) >= 11 is 1.27. The van der Waals surface area contributed by atoms with Gasteiger partial charge in [0.25, 0.3) is 0 Å². The van der Waals surface area contributed by atoms with Gasteiger partial charge in [-0.15, -0.1) is 0 Å². The molecule has 0 radical (unpaired) electrons. The summed E-state index contributed by atoms with van der Waals surface area (Å²) < 4.78 is 5.21. The van der Waals surface area contributed by atoms with Crippen LogP contribution in [0.5, 0.6) is 5.75 Å². The molecule has 0 aliphatic carbocycles. The maximum Gasteiger partial charge on any atom is 0.230 e. The fourth-order valence-corrected chi connectivity index (χ4v) is 3.42. The van der Waals surface area contributed by atoms with Crippen molar-refractivity contribution in [3.8, 4) is 11.8 Å². The number of methoxy groups -OCH3 is 1. The van der Waals surface area contributed by atoms with E-state index in [1.807, 2.05) is 48.5 Å². The largest absolute Gasteiger partial charge is 0.497 e. The van der Waals surface area contributed by atoms with E-state index in [-0.39, 0.29) is 11.7 Å². The monoisotopic (exact) mass is 377 g/mol. The van der Waals surface area contributed by atoms with E-state index in [2.05, 4.69) is 16.4 Å². The zero-order valence-electron chi connectivity index (χ0n) is 14.9. The molecule has 136 valence electrons. The lowest BCUT2D eigenvalue weighted by Gasteiger charge is -2.08. The van der Waals surface area contributed by atoms with E-state index in [0.717, 1.165) is 17.3 Å². The molecule has 0 aliphatic heterocycles. The minimum atomic E-state index is -0.0727. The van der Waals surface area contributed by atoms with Crippen LogP contribution in [0.2, 0.25) is 0 Å². The number of thioether (sulfide) groups is 1. The lowest BCUT2D eigenvalue weighted by Crippen LogP contribution is -2.27. The van der Waals surface area contributed by atoms with Gasteiger partial charge in [-0.3, -0.25) is 4.79 Å². The number of nitriles is 1. The van der Waals surface area contributed by atoms with Gasteiger partial charge in [0.1, 0.15) is 16.8 Å². The van der Waals surface area contributed by atoms with Gasteiger partial charge in [-0.25, -0.2) is 4.98 Å². The Morgan fingerprint density at radius 1 is 1.22 bits per heavy atom. The van der Waals surface area contributed by atoms with Gasteiger partial charge < -0.3 is 10.1 Å². The first kappa shape index (κ1) is 18.7. The molecule has 1 aromatic heterocycles. The second-order valence-corrected chi connectivity index (χ2v) is 6.85. The number of ether oxygens (including phenoxy) is 1. The molecule has 27 heavy (non-hydrogen) atoms. The number of nitrogens with zero attached hydrogens (tertiary/aromatic N) is 2. The predicted molar refractivity (Wildman–Crippen MR) is 107 cm³/mol. The van der Waals surface area contributed by atoms with Gasteiger partial charge in [-0.2, -0.15) is 5.26 Å². The highest BCUT2D eigenvalue weighted by Gasteiger charge is 2.11. The predicted octanol–water partition coefficient (Wildman–Crippen LogP) is 3.57. The summed E-state index contributed by atoms with van der Waals surface area (Å²) in [5.74, 6) is 0.862. The van der Waals surface area contributed by atoms with Crippen molar-refractivity contribution in [2.45, 2.75) is 11.4 Å². The molecule has 1 heterocycles. The number of aromatic nitrogens is 1. The van der Waals surface area contributed by atoms with Crippen LogP contribution in [-0.2, 0) is 11.2 Å². The zero-order chi connectivity index (χ0) is 19.1. The molecule has 0 atom stereocenters. The Morgan fingerprint density at radius 2 is 2.04 bits per heavy atom.